The molecule has 2 aromatic carbocycles. The van der Waals surface area contributed by atoms with Gasteiger partial charge in [0.05, 0.1) is 12.5 Å². The summed E-state index contributed by atoms with van der Waals surface area (Å²) in [5.41, 5.74) is 3.61. The van der Waals surface area contributed by atoms with Crippen LogP contribution in [0.5, 0.6) is 0 Å². The molecule has 2 heterocycles. The SMILES string of the molecule is O=C(N=CC(CO)C1N=C(c2nccc3ccccc23)NO1)c1ccc(F)cc1. The van der Waals surface area contributed by atoms with Crippen LogP contribution in [-0.2, 0) is 4.84 Å². The number of amidine groups is 1. The number of carbonyl (C=O) groups excluding carboxylic acids is 1. The van der Waals surface area contributed by atoms with E-state index >= 15 is 0 Å². The number of pyridine rings is 1. The first-order valence-corrected chi connectivity index (χ1v) is 8.94. The van der Waals surface area contributed by atoms with Gasteiger partial charge in [0, 0.05) is 23.4 Å². The maximum Gasteiger partial charge on any atom is 0.276 e. The first-order valence-electron chi connectivity index (χ1n) is 8.94. The Hall–Kier alpha value is -3.49. The second-order valence-corrected chi connectivity index (χ2v) is 6.41. The molecule has 2 unspecified atom stereocenters. The zero-order valence-corrected chi connectivity index (χ0v) is 15.2. The fourth-order valence-electron chi connectivity index (χ4n) is 2.94. The van der Waals surface area contributed by atoms with Crippen molar-refractivity contribution in [2.24, 2.45) is 15.9 Å². The van der Waals surface area contributed by atoms with Crippen molar-refractivity contribution >= 4 is 28.7 Å². The van der Waals surface area contributed by atoms with Crippen LogP contribution in [-0.4, -0.2) is 40.9 Å². The minimum Gasteiger partial charge on any atom is -0.396 e. The summed E-state index contributed by atoms with van der Waals surface area (Å²) in [6, 6.07) is 14.7. The minimum absolute atomic E-state index is 0.244. The normalized spacial score (nSPS) is 17.3. The summed E-state index contributed by atoms with van der Waals surface area (Å²) in [5.74, 6) is -1.20. The molecule has 0 fully saturated rings. The highest BCUT2D eigenvalue weighted by molar-refractivity contribution is 6.08. The van der Waals surface area contributed by atoms with E-state index in [1.807, 2.05) is 30.3 Å². The molecular weight excluding hydrogens is 375 g/mol. The van der Waals surface area contributed by atoms with E-state index < -0.39 is 23.9 Å². The van der Waals surface area contributed by atoms with Gasteiger partial charge in [-0.1, -0.05) is 24.3 Å². The van der Waals surface area contributed by atoms with Gasteiger partial charge in [-0.2, -0.15) is 0 Å². The molecule has 2 atom stereocenters. The molecule has 3 aromatic rings. The van der Waals surface area contributed by atoms with Crippen LogP contribution in [0.15, 0.2) is 70.8 Å². The van der Waals surface area contributed by atoms with Crippen molar-refractivity contribution in [3.8, 4) is 0 Å². The first kappa shape index (κ1) is 18.9. The molecule has 0 bridgehead atoms. The standard InChI is InChI=1S/C21H17FN4O3/c22-16-7-5-14(6-8-16)20(28)24-11-15(12-27)21-25-19(26-29-21)18-17-4-2-1-3-13(17)9-10-23-18/h1-11,15,21,27H,12H2,(H,25,26). The summed E-state index contributed by atoms with van der Waals surface area (Å²) in [4.78, 5) is 30.3. The van der Waals surface area contributed by atoms with E-state index in [0.29, 0.717) is 11.5 Å². The van der Waals surface area contributed by atoms with Crippen LogP contribution in [0.25, 0.3) is 10.8 Å². The van der Waals surface area contributed by atoms with Crippen LogP contribution < -0.4 is 5.48 Å². The molecule has 146 valence electrons. The van der Waals surface area contributed by atoms with Crippen LogP contribution in [0.4, 0.5) is 4.39 Å². The third-order valence-corrected chi connectivity index (χ3v) is 4.48. The molecule has 0 saturated heterocycles. The molecule has 2 N–H and O–H groups in total. The van der Waals surface area contributed by atoms with Gasteiger partial charge in [0.25, 0.3) is 5.91 Å². The monoisotopic (exact) mass is 392 g/mol. The van der Waals surface area contributed by atoms with Gasteiger partial charge in [0.1, 0.15) is 11.5 Å². The van der Waals surface area contributed by atoms with Gasteiger partial charge in [-0.25, -0.2) is 24.7 Å². The smallest absolute Gasteiger partial charge is 0.276 e. The van der Waals surface area contributed by atoms with E-state index in [1.54, 1.807) is 6.20 Å². The zero-order chi connectivity index (χ0) is 20.2. The lowest BCUT2D eigenvalue weighted by Crippen LogP contribution is -2.27. The van der Waals surface area contributed by atoms with Gasteiger partial charge in [0.2, 0.25) is 0 Å². The van der Waals surface area contributed by atoms with E-state index in [-0.39, 0.29) is 12.2 Å². The number of nitrogens with zero attached hydrogens (tertiary/aromatic N) is 3. The van der Waals surface area contributed by atoms with Crippen molar-refractivity contribution < 1.29 is 19.1 Å². The highest BCUT2D eigenvalue weighted by atomic mass is 19.1. The van der Waals surface area contributed by atoms with Crippen LogP contribution in [0.2, 0.25) is 0 Å². The Morgan fingerprint density at radius 3 is 2.83 bits per heavy atom. The molecule has 0 radical (unpaired) electrons. The van der Waals surface area contributed by atoms with Crippen molar-refractivity contribution in [1.82, 2.24) is 10.5 Å². The number of aromatic nitrogens is 1. The lowest BCUT2D eigenvalue weighted by Gasteiger charge is -2.12. The van der Waals surface area contributed by atoms with E-state index in [0.717, 1.165) is 10.8 Å². The Morgan fingerprint density at radius 2 is 2.03 bits per heavy atom. The van der Waals surface area contributed by atoms with Crippen LogP contribution in [0.3, 0.4) is 0 Å². The number of aliphatic imine (C=N–C) groups is 2. The third kappa shape index (κ3) is 4.03. The third-order valence-electron chi connectivity index (χ3n) is 4.48. The summed E-state index contributed by atoms with van der Waals surface area (Å²) in [6.45, 7) is -0.327. The van der Waals surface area contributed by atoms with Gasteiger partial charge < -0.3 is 5.11 Å². The molecule has 7 nitrogen and oxygen atoms in total. The molecular formula is C21H17FN4O3. The first-order chi connectivity index (χ1) is 14.2. The van der Waals surface area contributed by atoms with E-state index in [2.05, 4.69) is 20.4 Å². The maximum absolute atomic E-state index is 13.0. The number of nitrogens with one attached hydrogen (secondary N) is 1. The second-order valence-electron chi connectivity index (χ2n) is 6.41. The maximum atomic E-state index is 13.0. The van der Waals surface area contributed by atoms with Gasteiger partial charge in [0.15, 0.2) is 12.1 Å². The Labute approximate surface area is 165 Å². The van der Waals surface area contributed by atoms with E-state index in [9.17, 15) is 14.3 Å². The lowest BCUT2D eigenvalue weighted by atomic mass is 10.1. The topological polar surface area (TPSA) is 96.2 Å². The number of hydrogen-bond acceptors (Lipinski definition) is 6. The summed E-state index contributed by atoms with van der Waals surface area (Å²) in [5, 5.41) is 11.6. The average molecular weight is 392 g/mol. The van der Waals surface area contributed by atoms with Crippen molar-refractivity contribution in [3.05, 3.63) is 77.9 Å². The Balaban J connectivity index is 1.53. The number of carbonyl (C=O) groups is 1. The largest absolute Gasteiger partial charge is 0.396 e. The molecule has 0 aliphatic carbocycles. The van der Waals surface area contributed by atoms with Gasteiger partial charge >= 0.3 is 0 Å². The van der Waals surface area contributed by atoms with Crippen molar-refractivity contribution in [1.29, 1.82) is 0 Å². The van der Waals surface area contributed by atoms with Crippen LogP contribution in [0.1, 0.15) is 16.1 Å². The predicted molar refractivity (Wildman–Crippen MR) is 106 cm³/mol. The number of hydroxylamine groups is 1. The molecule has 29 heavy (non-hydrogen) atoms. The van der Waals surface area contributed by atoms with Crippen LogP contribution in [0, 0.1) is 11.7 Å². The van der Waals surface area contributed by atoms with Crippen molar-refractivity contribution in [2.45, 2.75) is 6.23 Å². The number of halogens is 1. The number of fused-ring (bicyclic) bond motifs is 1. The van der Waals surface area contributed by atoms with E-state index in [4.69, 9.17) is 4.84 Å². The lowest BCUT2D eigenvalue weighted by molar-refractivity contribution is 0.00604. The second kappa shape index (κ2) is 8.26. The Morgan fingerprint density at radius 1 is 1.24 bits per heavy atom. The number of rotatable bonds is 5. The summed E-state index contributed by atoms with van der Waals surface area (Å²) in [7, 11) is 0. The van der Waals surface area contributed by atoms with Crippen molar-refractivity contribution in [3.63, 3.8) is 0 Å². The molecule has 1 aromatic heterocycles. The molecule has 8 heteroatoms. The number of benzene rings is 2. The predicted octanol–water partition coefficient (Wildman–Crippen LogP) is 2.50. The number of aliphatic hydroxyl groups excluding tert-OH is 1. The minimum atomic E-state index is -0.777. The summed E-state index contributed by atoms with van der Waals surface area (Å²) in [6.07, 6.45) is 2.20. The van der Waals surface area contributed by atoms with Crippen molar-refractivity contribution in [2.75, 3.05) is 6.61 Å². The zero-order valence-electron chi connectivity index (χ0n) is 15.2. The number of amides is 1. The highest BCUT2D eigenvalue weighted by Crippen LogP contribution is 2.20. The van der Waals surface area contributed by atoms with E-state index in [1.165, 1.54) is 30.5 Å². The Bertz CT molecular complexity index is 1090. The summed E-state index contributed by atoms with van der Waals surface area (Å²) >= 11 is 0. The molecule has 4 rings (SSSR count). The number of hydrogen-bond donors (Lipinski definition) is 2. The summed E-state index contributed by atoms with van der Waals surface area (Å²) < 4.78 is 13.0. The quantitative estimate of drug-likeness (QED) is 0.651. The van der Waals surface area contributed by atoms with Gasteiger partial charge in [-0.15, -0.1) is 0 Å². The fourth-order valence-corrected chi connectivity index (χ4v) is 2.94. The molecule has 1 aliphatic heterocycles. The van der Waals surface area contributed by atoms with Gasteiger partial charge in [-0.05, 0) is 35.7 Å². The van der Waals surface area contributed by atoms with Gasteiger partial charge in [-0.3, -0.25) is 9.78 Å². The fraction of sp³-hybridized carbons (Fsp3) is 0.143. The molecule has 1 aliphatic rings. The molecule has 0 spiro atoms. The Kier molecular flexibility index (Phi) is 5.37. The molecule has 0 saturated carbocycles. The van der Waals surface area contributed by atoms with Crippen LogP contribution >= 0.6 is 0 Å². The molecule has 1 amide bonds. The number of aliphatic hydroxyl groups is 1. The highest BCUT2D eigenvalue weighted by Gasteiger charge is 2.28. The average Bonchev–Trinajstić information content (AvgIpc) is 3.24.